The monoisotopic (exact) mass is 488 g/mol. The second-order valence-electron chi connectivity index (χ2n) is 9.60. The molecule has 7 heteroatoms. The lowest BCUT2D eigenvalue weighted by atomic mass is 9.78. The van der Waals surface area contributed by atoms with Crippen molar-refractivity contribution in [2.45, 2.75) is 26.2 Å². The summed E-state index contributed by atoms with van der Waals surface area (Å²) in [6, 6.07) is 15.1. The molecule has 2 saturated heterocycles. The van der Waals surface area contributed by atoms with E-state index in [1.54, 1.807) is 19.3 Å². The van der Waals surface area contributed by atoms with Crippen molar-refractivity contribution < 1.29 is 23.5 Å². The summed E-state index contributed by atoms with van der Waals surface area (Å²) in [6.07, 6.45) is 6.19. The number of piperidine rings is 1. The number of fused-ring (bicyclic) bond motifs is 1. The Kier molecular flexibility index (Phi) is 6.72. The molecule has 0 unspecified atom stereocenters. The first-order valence-corrected chi connectivity index (χ1v) is 12.6. The van der Waals surface area contributed by atoms with E-state index < -0.39 is 0 Å². The molecule has 2 aliphatic heterocycles. The Morgan fingerprint density at radius 1 is 1.00 bits per heavy atom. The minimum Gasteiger partial charge on any atom is -0.493 e. The molecule has 0 radical (unpaired) electrons. The number of carbonyl (C=O) groups is 2. The van der Waals surface area contributed by atoms with Crippen molar-refractivity contribution in [2.24, 2.45) is 5.41 Å². The number of amides is 2. The maximum atomic E-state index is 13.2. The number of ether oxygens (including phenoxy) is 2. The number of furan rings is 1. The zero-order valence-electron chi connectivity index (χ0n) is 20.9. The van der Waals surface area contributed by atoms with Gasteiger partial charge >= 0.3 is 0 Å². The minimum absolute atomic E-state index is 0.0123. The highest BCUT2D eigenvalue weighted by atomic mass is 16.5. The number of para-hydroxylation sites is 2. The minimum atomic E-state index is -0.0838. The standard InChI is InChI=1S/C29H32N2O5/c1-3-35-23-9-5-4-7-21(23)11-12-26(32)30-16-13-29(14-17-30)15-18-31(20-29)28(33)25-19-22-8-6-10-24(34-2)27(22)36-25/h4-12,19H,3,13-18,20H2,1-2H3. The molecule has 0 saturated carbocycles. The van der Waals surface area contributed by atoms with E-state index in [1.165, 1.54) is 0 Å². The summed E-state index contributed by atoms with van der Waals surface area (Å²) >= 11 is 0. The highest BCUT2D eigenvalue weighted by Gasteiger charge is 2.43. The lowest BCUT2D eigenvalue weighted by molar-refractivity contribution is -0.128. The van der Waals surface area contributed by atoms with Crippen LogP contribution in [-0.2, 0) is 4.79 Å². The SMILES string of the molecule is CCOc1ccccc1C=CC(=O)N1CCC2(CC1)CCN(C(=O)c1cc3cccc(OC)c3o1)C2. The summed E-state index contributed by atoms with van der Waals surface area (Å²) in [6.45, 7) is 5.31. The van der Waals surface area contributed by atoms with Gasteiger partial charge in [0.2, 0.25) is 5.91 Å². The van der Waals surface area contributed by atoms with Crippen LogP contribution in [0.3, 0.4) is 0 Å². The zero-order chi connectivity index (χ0) is 25.1. The lowest BCUT2D eigenvalue weighted by Gasteiger charge is -2.38. The number of methoxy groups -OCH3 is 1. The number of rotatable bonds is 6. The highest BCUT2D eigenvalue weighted by Crippen LogP contribution is 2.41. The number of likely N-dealkylation sites (tertiary alicyclic amines) is 2. The quantitative estimate of drug-likeness (QED) is 0.456. The third kappa shape index (κ3) is 4.70. The van der Waals surface area contributed by atoms with Crippen molar-refractivity contribution in [1.29, 1.82) is 0 Å². The van der Waals surface area contributed by atoms with Gasteiger partial charge in [0.25, 0.3) is 5.91 Å². The normalized spacial score (nSPS) is 17.3. The van der Waals surface area contributed by atoms with Crippen molar-refractivity contribution in [3.8, 4) is 11.5 Å². The first-order chi connectivity index (χ1) is 17.5. The van der Waals surface area contributed by atoms with Crippen LogP contribution in [0, 0.1) is 5.41 Å². The number of hydrogen-bond donors (Lipinski definition) is 0. The highest BCUT2D eigenvalue weighted by molar-refractivity contribution is 5.97. The van der Waals surface area contributed by atoms with Crippen LogP contribution in [0.25, 0.3) is 17.0 Å². The first-order valence-electron chi connectivity index (χ1n) is 12.6. The lowest BCUT2D eigenvalue weighted by Crippen LogP contribution is -2.44. The molecule has 1 aromatic heterocycles. The molecular formula is C29H32N2O5. The van der Waals surface area contributed by atoms with E-state index >= 15 is 0 Å². The van der Waals surface area contributed by atoms with Gasteiger partial charge in [0.1, 0.15) is 5.75 Å². The van der Waals surface area contributed by atoms with E-state index in [0.29, 0.717) is 49.9 Å². The van der Waals surface area contributed by atoms with E-state index in [0.717, 1.165) is 36.0 Å². The second kappa shape index (κ2) is 10.1. The second-order valence-corrected chi connectivity index (χ2v) is 9.60. The van der Waals surface area contributed by atoms with Crippen LogP contribution < -0.4 is 9.47 Å². The van der Waals surface area contributed by atoms with Crippen molar-refractivity contribution in [2.75, 3.05) is 39.9 Å². The zero-order valence-corrected chi connectivity index (χ0v) is 20.9. The van der Waals surface area contributed by atoms with Crippen molar-refractivity contribution in [3.05, 3.63) is 65.9 Å². The number of carbonyl (C=O) groups excluding carboxylic acids is 2. The molecule has 2 fully saturated rings. The van der Waals surface area contributed by atoms with Crippen LogP contribution in [0.4, 0.5) is 0 Å². The number of benzene rings is 2. The average molecular weight is 489 g/mol. The molecule has 7 nitrogen and oxygen atoms in total. The average Bonchev–Trinajstić information content (AvgIpc) is 3.53. The van der Waals surface area contributed by atoms with Gasteiger partial charge in [-0.25, -0.2) is 0 Å². The molecule has 0 atom stereocenters. The Morgan fingerprint density at radius 3 is 2.47 bits per heavy atom. The molecule has 188 valence electrons. The van der Waals surface area contributed by atoms with Gasteiger partial charge in [-0.2, -0.15) is 0 Å². The van der Waals surface area contributed by atoms with Crippen LogP contribution in [0.1, 0.15) is 42.3 Å². The number of hydrogen-bond acceptors (Lipinski definition) is 5. The fraction of sp³-hybridized carbons (Fsp3) is 0.379. The molecule has 2 aromatic carbocycles. The molecule has 0 bridgehead atoms. The largest absolute Gasteiger partial charge is 0.493 e. The topological polar surface area (TPSA) is 72.2 Å². The maximum absolute atomic E-state index is 13.2. The Balaban J connectivity index is 1.19. The van der Waals surface area contributed by atoms with Gasteiger partial charge < -0.3 is 23.7 Å². The number of nitrogens with zero attached hydrogens (tertiary/aromatic N) is 2. The van der Waals surface area contributed by atoms with Crippen LogP contribution in [0.15, 0.2) is 59.0 Å². The van der Waals surface area contributed by atoms with E-state index in [9.17, 15) is 9.59 Å². The van der Waals surface area contributed by atoms with Crippen molar-refractivity contribution in [1.82, 2.24) is 9.80 Å². The van der Waals surface area contributed by atoms with Gasteiger partial charge in [0.05, 0.1) is 13.7 Å². The Bertz CT molecular complexity index is 1290. The van der Waals surface area contributed by atoms with Gasteiger partial charge in [-0.15, -0.1) is 0 Å². The summed E-state index contributed by atoms with van der Waals surface area (Å²) in [5, 5.41) is 0.857. The molecule has 0 N–H and O–H groups in total. The van der Waals surface area contributed by atoms with E-state index in [4.69, 9.17) is 13.9 Å². The molecule has 2 aliphatic rings. The molecule has 36 heavy (non-hydrogen) atoms. The molecular weight excluding hydrogens is 456 g/mol. The molecule has 5 rings (SSSR count). The predicted octanol–water partition coefficient (Wildman–Crippen LogP) is 5.01. The van der Waals surface area contributed by atoms with Crippen LogP contribution in [0.5, 0.6) is 11.5 Å². The van der Waals surface area contributed by atoms with E-state index in [-0.39, 0.29) is 17.2 Å². The summed E-state index contributed by atoms with van der Waals surface area (Å²) < 4.78 is 16.9. The fourth-order valence-corrected chi connectivity index (χ4v) is 5.35. The van der Waals surface area contributed by atoms with E-state index in [2.05, 4.69) is 0 Å². The predicted molar refractivity (Wildman–Crippen MR) is 138 cm³/mol. The first kappa shape index (κ1) is 24.0. The van der Waals surface area contributed by atoms with Gasteiger partial charge in [0, 0.05) is 43.2 Å². The Hall–Kier alpha value is -3.74. The fourth-order valence-electron chi connectivity index (χ4n) is 5.35. The summed E-state index contributed by atoms with van der Waals surface area (Å²) in [5.41, 5.74) is 1.55. The molecule has 0 aliphatic carbocycles. The van der Waals surface area contributed by atoms with E-state index in [1.807, 2.05) is 65.3 Å². The van der Waals surface area contributed by atoms with Crippen molar-refractivity contribution in [3.63, 3.8) is 0 Å². The Labute approximate surface area is 211 Å². The third-order valence-electron chi connectivity index (χ3n) is 7.42. The van der Waals surface area contributed by atoms with Crippen LogP contribution in [0.2, 0.25) is 0 Å². The van der Waals surface area contributed by atoms with Gasteiger partial charge in [-0.05, 0) is 55.9 Å². The van der Waals surface area contributed by atoms with Gasteiger partial charge in [0.15, 0.2) is 17.1 Å². The van der Waals surface area contributed by atoms with Crippen LogP contribution >= 0.6 is 0 Å². The van der Waals surface area contributed by atoms with Gasteiger partial charge in [-0.3, -0.25) is 9.59 Å². The Morgan fingerprint density at radius 2 is 1.72 bits per heavy atom. The van der Waals surface area contributed by atoms with Crippen LogP contribution in [-0.4, -0.2) is 61.5 Å². The van der Waals surface area contributed by atoms with Gasteiger partial charge in [-0.1, -0.05) is 30.3 Å². The molecule has 2 amide bonds. The summed E-state index contributed by atoms with van der Waals surface area (Å²) in [5.74, 6) is 1.67. The maximum Gasteiger partial charge on any atom is 0.289 e. The molecule has 3 heterocycles. The molecule has 3 aromatic rings. The summed E-state index contributed by atoms with van der Waals surface area (Å²) in [4.78, 5) is 29.9. The summed E-state index contributed by atoms with van der Waals surface area (Å²) in [7, 11) is 1.59. The smallest absolute Gasteiger partial charge is 0.289 e. The van der Waals surface area contributed by atoms with Crippen molar-refractivity contribution >= 4 is 28.9 Å². The molecule has 1 spiro atoms. The third-order valence-corrected chi connectivity index (χ3v) is 7.42.